The summed E-state index contributed by atoms with van der Waals surface area (Å²) in [5.74, 6) is 0. The fourth-order valence-corrected chi connectivity index (χ4v) is 1.06. The lowest BCUT2D eigenvalue weighted by molar-refractivity contribution is -0.262. The van der Waals surface area contributed by atoms with Crippen LogP contribution in [0, 0.1) is 0 Å². The van der Waals surface area contributed by atoms with Crippen molar-refractivity contribution in [1.82, 2.24) is 0 Å². The van der Waals surface area contributed by atoms with E-state index in [4.69, 9.17) is 20.4 Å². The quantitative estimate of drug-likeness (QED) is 0.368. The molecule has 1 aliphatic heterocycles. The van der Waals surface area contributed by atoms with Crippen LogP contribution in [0.25, 0.3) is 0 Å². The Labute approximate surface area is 68.0 Å². The van der Waals surface area contributed by atoms with Crippen molar-refractivity contribution in [2.24, 2.45) is 0 Å². The molecule has 4 N–H and O–H groups in total. The minimum atomic E-state index is -2.07. The first-order valence-corrected chi connectivity index (χ1v) is 3.52. The Morgan fingerprint density at radius 2 is 1.67 bits per heavy atom. The van der Waals surface area contributed by atoms with Gasteiger partial charge in [0, 0.05) is 0 Å². The number of aliphatic hydroxyl groups is 4. The first kappa shape index (κ1) is 9.82. The second-order valence-electron chi connectivity index (χ2n) is 2.68. The summed E-state index contributed by atoms with van der Waals surface area (Å²) in [6.07, 6.45) is -8.09. The highest BCUT2D eigenvalue weighted by Crippen LogP contribution is 2.21. The van der Waals surface area contributed by atoms with E-state index in [9.17, 15) is 4.39 Å². The second-order valence-corrected chi connectivity index (χ2v) is 2.68. The molecule has 0 saturated carbocycles. The normalized spacial score (nSPS) is 49.2. The zero-order valence-corrected chi connectivity index (χ0v) is 6.17. The van der Waals surface area contributed by atoms with Crippen LogP contribution in [0.5, 0.6) is 0 Å². The van der Waals surface area contributed by atoms with Gasteiger partial charge in [-0.3, -0.25) is 0 Å². The first-order valence-electron chi connectivity index (χ1n) is 3.52. The van der Waals surface area contributed by atoms with E-state index < -0.39 is 37.4 Å². The molecule has 72 valence electrons. The predicted molar refractivity (Wildman–Crippen MR) is 34.9 cm³/mol. The number of alkyl halides is 1. The summed E-state index contributed by atoms with van der Waals surface area (Å²) in [4.78, 5) is 0. The van der Waals surface area contributed by atoms with Gasteiger partial charge in [-0.05, 0) is 0 Å². The van der Waals surface area contributed by atoms with Gasteiger partial charge in [0.25, 0.3) is 0 Å². The number of hydrogen-bond acceptors (Lipinski definition) is 5. The molecule has 1 rings (SSSR count). The molecule has 0 radical (unpaired) electrons. The number of ether oxygens (including phenoxy) is 1. The molecule has 0 spiro atoms. The molecule has 0 amide bonds. The van der Waals surface area contributed by atoms with Crippen LogP contribution in [0.2, 0.25) is 0 Å². The third-order valence-corrected chi connectivity index (χ3v) is 1.83. The van der Waals surface area contributed by atoms with Crippen molar-refractivity contribution >= 4 is 0 Å². The topological polar surface area (TPSA) is 90.2 Å². The molecule has 0 bridgehead atoms. The maximum atomic E-state index is 12.6. The molecule has 0 aromatic rings. The highest BCUT2D eigenvalue weighted by Gasteiger charge is 2.43. The van der Waals surface area contributed by atoms with Crippen LogP contribution in [0.4, 0.5) is 4.39 Å². The summed E-state index contributed by atoms with van der Waals surface area (Å²) in [6.45, 7) is -0.606. The van der Waals surface area contributed by atoms with E-state index in [0.29, 0.717) is 0 Å². The zero-order chi connectivity index (χ0) is 9.30. The molecule has 1 saturated heterocycles. The Hall–Kier alpha value is -0.270. The van der Waals surface area contributed by atoms with Gasteiger partial charge in [0.15, 0.2) is 0 Å². The summed E-state index contributed by atoms with van der Waals surface area (Å²) in [7, 11) is 0. The minimum Gasteiger partial charge on any atom is -0.394 e. The van der Waals surface area contributed by atoms with Gasteiger partial charge in [-0.25, -0.2) is 4.39 Å². The molecule has 0 unspecified atom stereocenters. The number of halogens is 1. The van der Waals surface area contributed by atoms with Crippen LogP contribution in [-0.2, 0) is 4.74 Å². The first-order chi connectivity index (χ1) is 5.57. The zero-order valence-electron chi connectivity index (χ0n) is 6.17. The third kappa shape index (κ3) is 1.57. The van der Waals surface area contributed by atoms with Gasteiger partial charge in [-0.2, -0.15) is 0 Å². The van der Waals surface area contributed by atoms with Gasteiger partial charge in [0.2, 0.25) is 6.36 Å². The maximum Gasteiger partial charge on any atom is 0.228 e. The molecule has 1 heterocycles. The molecule has 1 fully saturated rings. The fraction of sp³-hybridized carbons (Fsp3) is 1.00. The predicted octanol–water partition coefficient (Wildman–Crippen LogP) is -2.24. The number of hydrogen-bond donors (Lipinski definition) is 4. The Kier molecular flexibility index (Phi) is 2.97. The molecular weight excluding hydrogens is 171 g/mol. The molecule has 0 aromatic heterocycles. The van der Waals surface area contributed by atoms with Crippen molar-refractivity contribution in [1.29, 1.82) is 0 Å². The van der Waals surface area contributed by atoms with E-state index in [0.717, 1.165) is 0 Å². The largest absolute Gasteiger partial charge is 0.394 e. The number of aliphatic hydroxyl groups excluding tert-OH is 4. The second kappa shape index (κ2) is 3.63. The lowest BCUT2D eigenvalue weighted by atomic mass is 10.00. The van der Waals surface area contributed by atoms with Gasteiger partial charge in [-0.1, -0.05) is 0 Å². The van der Waals surface area contributed by atoms with Crippen LogP contribution >= 0.6 is 0 Å². The lowest BCUT2D eigenvalue weighted by Gasteiger charge is -2.36. The fourth-order valence-electron chi connectivity index (χ4n) is 1.06. The van der Waals surface area contributed by atoms with E-state index in [-0.39, 0.29) is 0 Å². The summed E-state index contributed by atoms with van der Waals surface area (Å²) in [5.41, 5.74) is 0. The average Bonchev–Trinajstić information content (AvgIpc) is 2.08. The van der Waals surface area contributed by atoms with E-state index in [1.54, 1.807) is 0 Å². The van der Waals surface area contributed by atoms with Gasteiger partial charge in [0.1, 0.15) is 24.4 Å². The maximum absolute atomic E-state index is 12.6. The Morgan fingerprint density at radius 1 is 1.08 bits per heavy atom. The van der Waals surface area contributed by atoms with E-state index >= 15 is 0 Å². The van der Waals surface area contributed by atoms with Crippen LogP contribution in [0.1, 0.15) is 0 Å². The molecular formula is C6H11FO5. The molecule has 0 aromatic carbocycles. The highest BCUT2D eigenvalue weighted by molar-refractivity contribution is 4.88. The summed E-state index contributed by atoms with van der Waals surface area (Å²) < 4.78 is 16.9. The van der Waals surface area contributed by atoms with Gasteiger partial charge >= 0.3 is 0 Å². The van der Waals surface area contributed by atoms with Crippen LogP contribution < -0.4 is 0 Å². The van der Waals surface area contributed by atoms with Gasteiger partial charge in [0.05, 0.1) is 6.61 Å². The van der Waals surface area contributed by atoms with E-state index in [1.807, 2.05) is 0 Å². The number of rotatable bonds is 1. The molecule has 1 aliphatic rings. The van der Waals surface area contributed by atoms with Crippen LogP contribution in [0.15, 0.2) is 0 Å². The van der Waals surface area contributed by atoms with Gasteiger partial charge < -0.3 is 25.2 Å². The standard InChI is InChI=1S/C6H11FO5/c7-6-5(11)4(10)3(9)2(1-8)12-6/h2-6,8-11H,1H2/t2-,3+,4-,5-,6+/m0/s1. The van der Waals surface area contributed by atoms with Crippen molar-refractivity contribution in [2.75, 3.05) is 6.61 Å². The summed E-state index contributed by atoms with van der Waals surface area (Å²) in [6, 6.07) is 0. The Balaban J connectivity index is 2.63. The highest BCUT2D eigenvalue weighted by atomic mass is 19.1. The molecule has 12 heavy (non-hydrogen) atoms. The van der Waals surface area contributed by atoms with Crippen molar-refractivity contribution in [3.63, 3.8) is 0 Å². The average molecular weight is 182 g/mol. The van der Waals surface area contributed by atoms with Crippen LogP contribution in [-0.4, -0.2) is 57.8 Å². The lowest BCUT2D eigenvalue weighted by Crippen LogP contribution is -2.57. The molecule has 0 aliphatic carbocycles. The van der Waals surface area contributed by atoms with Crippen molar-refractivity contribution in [3.05, 3.63) is 0 Å². The third-order valence-electron chi connectivity index (χ3n) is 1.83. The SMILES string of the molecule is OC[C@@H]1O[C@@H](F)[C@@H](O)[C@@H](O)[C@@H]1O. The minimum absolute atomic E-state index is 0.606. The molecule has 5 atom stereocenters. The van der Waals surface area contributed by atoms with E-state index in [2.05, 4.69) is 4.74 Å². The van der Waals surface area contributed by atoms with Crippen molar-refractivity contribution < 1.29 is 29.6 Å². The monoisotopic (exact) mass is 182 g/mol. The van der Waals surface area contributed by atoms with Crippen molar-refractivity contribution in [2.45, 2.75) is 30.8 Å². The van der Waals surface area contributed by atoms with E-state index in [1.165, 1.54) is 0 Å². The summed E-state index contributed by atoms with van der Waals surface area (Å²) >= 11 is 0. The van der Waals surface area contributed by atoms with Crippen LogP contribution in [0.3, 0.4) is 0 Å². The van der Waals surface area contributed by atoms with Gasteiger partial charge in [-0.15, -0.1) is 0 Å². The Morgan fingerprint density at radius 3 is 2.17 bits per heavy atom. The van der Waals surface area contributed by atoms with Crippen molar-refractivity contribution in [3.8, 4) is 0 Å². The summed E-state index contributed by atoms with van der Waals surface area (Å²) in [5, 5.41) is 35.4. The smallest absolute Gasteiger partial charge is 0.228 e. The Bertz CT molecular complexity index is 150. The molecule has 5 nitrogen and oxygen atoms in total. The molecule has 6 heteroatoms.